The normalized spacial score (nSPS) is 10.7. The predicted molar refractivity (Wildman–Crippen MR) is 79.6 cm³/mol. The first-order chi connectivity index (χ1) is 9.65. The summed E-state index contributed by atoms with van der Waals surface area (Å²) in [5, 5.41) is 3.68. The highest BCUT2D eigenvalue weighted by Crippen LogP contribution is 2.25. The second-order valence-corrected chi connectivity index (χ2v) is 4.99. The van der Waals surface area contributed by atoms with E-state index in [0.29, 0.717) is 27.1 Å². The number of aromatic nitrogens is 2. The number of hydrogen-bond acceptors (Lipinski definition) is 2. The lowest BCUT2D eigenvalue weighted by Gasteiger charge is -2.09. The molecule has 6 heteroatoms. The van der Waals surface area contributed by atoms with Gasteiger partial charge in [0.15, 0.2) is 0 Å². The van der Waals surface area contributed by atoms with Crippen molar-refractivity contribution in [1.29, 1.82) is 0 Å². The van der Waals surface area contributed by atoms with Gasteiger partial charge in [-0.25, -0.2) is 4.98 Å². The lowest BCUT2D eigenvalue weighted by molar-refractivity contribution is 0.102. The summed E-state index contributed by atoms with van der Waals surface area (Å²) in [4.78, 5) is 16.5. The van der Waals surface area contributed by atoms with Crippen LogP contribution in [-0.4, -0.2) is 15.3 Å². The van der Waals surface area contributed by atoms with E-state index in [1.807, 2.05) is 6.07 Å². The molecule has 4 nitrogen and oxygen atoms in total. The average Bonchev–Trinajstić information content (AvgIpc) is 2.91. The van der Waals surface area contributed by atoms with Crippen molar-refractivity contribution in [3.8, 4) is 0 Å². The van der Waals surface area contributed by atoms with E-state index in [1.165, 1.54) is 0 Å². The van der Waals surface area contributed by atoms with Crippen LogP contribution in [-0.2, 0) is 0 Å². The summed E-state index contributed by atoms with van der Waals surface area (Å²) in [7, 11) is 0. The van der Waals surface area contributed by atoms with Gasteiger partial charge in [0.25, 0.3) is 5.91 Å². The number of fused-ring (bicyclic) bond motifs is 1. The first kappa shape index (κ1) is 13.0. The van der Waals surface area contributed by atoms with Gasteiger partial charge in [0.05, 0.1) is 10.7 Å². The third-order valence-corrected chi connectivity index (χ3v) is 3.40. The van der Waals surface area contributed by atoms with Gasteiger partial charge in [-0.15, -0.1) is 0 Å². The van der Waals surface area contributed by atoms with Crippen LogP contribution in [0.5, 0.6) is 0 Å². The molecule has 0 bridgehead atoms. The molecule has 20 heavy (non-hydrogen) atoms. The fourth-order valence-electron chi connectivity index (χ4n) is 1.91. The third-order valence-electron chi connectivity index (χ3n) is 2.84. The van der Waals surface area contributed by atoms with Crippen molar-refractivity contribution in [2.45, 2.75) is 0 Å². The van der Waals surface area contributed by atoms with E-state index in [1.54, 1.807) is 47.1 Å². The number of halogens is 2. The Bertz CT molecular complexity index is 798. The van der Waals surface area contributed by atoms with Crippen LogP contribution in [0.1, 0.15) is 10.5 Å². The van der Waals surface area contributed by atoms with Crippen molar-refractivity contribution in [1.82, 2.24) is 9.38 Å². The molecule has 100 valence electrons. The van der Waals surface area contributed by atoms with E-state index < -0.39 is 0 Å². The minimum atomic E-state index is -0.280. The monoisotopic (exact) mass is 305 g/mol. The molecule has 0 fully saturated rings. The molecule has 0 aliphatic rings. The van der Waals surface area contributed by atoms with Crippen molar-refractivity contribution in [3.05, 3.63) is 64.5 Å². The molecule has 0 spiro atoms. The van der Waals surface area contributed by atoms with Crippen LogP contribution >= 0.6 is 23.2 Å². The summed E-state index contributed by atoms with van der Waals surface area (Å²) < 4.78 is 1.70. The first-order valence-corrected chi connectivity index (χ1v) is 6.59. The Morgan fingerprint density at radius 1 is 1.20 bits per heavy atom. The largest absolute Gasteiger partial charge is 0.319 e. The summed E-state index contributed by atoms with van der Waals surface area (Å²) in [5.74, 6) is -0.280. The Labute approximate surface area is 125 Å². The number of carbonyl (C=O) groups excluding carboxylic acids is 1. The fraction of sp³-hybridized carbons (Fsp3) is 0. The van der Waals surface area contributed by atoms with Crippen molar-refractivity contribution in [2.75, 3.05) is 5.32 Å². The smallest absolute Gasteiger partial charge is 0.272 e. The third kappa shape index (κ3) is 2.35. The fourth-order valence-corrected chi connectivity index (χ4v) is 2.25. The Morgan fingerprint density at radius 2 is 2.05 bits per heavy atom. The standard InChI is InChI=1S/C14H9Cl2N3O/c15-9-4-5-10(16)11(8-9)18-14(20)12-2-1-3-13-17-6-7-19(12)13/h1-8H,(H,18,20). The minimum absolute atomic E-state index is 0.280. The van der Waals surface area contributed by atoms with Gasteiger partial charge < -0.3 is 5.32 Å². The van der Waals surface area contributed by atoms with Crippen LogP contribution < -0.4 is 5.32 Å². The minimum Gasteiger partial charge on any atom is -0.319 e. The molecule has 0 saturated carbocycles. The summed E-state index contributed by atoms with van der Waals surface area (Å²) in [6.07, 6.45) is 3.36. The van der Waals surface area contributed by atoms with Crippen molar-refractivity contribution in [2.24, 2.45) is 0 Å². The number of amides is 1. The number of hydrogen-bond donors (Lipinski definition) is 1. The zero-order chi connectivity index (χ0) is 14.1. The predicted octanol–water partition coefficient (Wildman–Crippen LogP) is 3.89. The van der Waals surface area contributed by atoms with E-state index in [-0.39, 0.29) is 5.91 Å². The average molecular weight is 306 g/mol. The lowest BCUT2D eigenvalue weighted by atomic mass is 10.3. The number of carbonyl (C=O) groups is 1. The van der Waals surface area contributed by atoms with Gasteiger partial charge in [0, 0.05) is 17.4 Å². The van der Waals surface area contributed by atoms with E-state index in [9.17, 15) is 4.79 Å². The Balaban J connectivity index is 1.97. The van der Waals surface area contributed by atoms with Crippen LogP contribution in [0, 0.1) is 0 Å². The molecule has 0 saturated heterocycles. The first-order valence-electron chi connectivity index (χ1n) is 5.83. The summed E-state index contributed by atoms with van der Waals surface area (Å²) in [6, 6.07) is 10.2. The van der Waals surface area contributed by atoms with Gasteiger partial charge in [-0.3, -0.25) is 9.20 Å². The van der Waals surface area contributed by atoms with Gasteiger partial charge in [-0.2, -0.15) is 0 Å². The number of nitrogens with one attached hydrogen (secondary N) is 1. The molecule has 3 rings (SSSR count). The SMILES string of the molecule is O=C(Nc1cc(Cl)ccc1Cl)c1cccc2nccn12. The molecule has 0 radical (unpaired) electrons. The summed E-state index contributed by atoms with van der Waals surface area (Å²) in [5.41, 5.74) is 1.65. The van der Waals surface area contributed by atoms with Crippen molar-refractivity contribution in [3.63, 3.8) is 0 Å². The van der Waals surface area contributed by atoms with E-state index in [0.717, 1.165) is 0 Å². The number of nitrogens with zero attached hydrogens (tertiary/aromatic N) is 2. The van der Waals surface area contributed by atoms with Gasteiger partial charge in [0.2, 0.25) is 0 Å². The number of pyridine rings is 1. The van der Waals surface area contributed by atoms with Crippen LogP contribution in [0.2, 0.25) is 10.0 Å². The van der Waals surface area contributed by atoms with Gasteiger partial charge in [-0.1, -0.05) is 29.3 Å². The topological polar surface area (TPSA) is 46.4 Å². The highest BCUT2D eigenvalue weighted by Gasteiger charge is 2.12. The van der Waals surface area contributed by atoms with Gasteiger partial charge in [-0.05, 0) is 30.3 Å². The van der Waals surface area contributed by atoms with Crippen LogP contribution in [0.3, 0.4) is 0 Å². The van der Waals surface area contributed by atoms with E-state index >= 15 is 0 Å². The zero-order valence-electron chi connectivity index (χ0n) is 10.2. The summed E-state index contributed by atoms with van der Waals surface area (Å²) >= 11 is 11.9. The van der Waals surface area contributed by atoms with Gasteiger partial charge >= 0.3 is 0 Å². The van der Waals surface area contributed by atoms with Crippen LogP contribution in [0.15, 0.2) is 48.8 Å². The summed E-state index contributed by atoms with van der Waals surface area (Å²) in [6.45, 7) is 0. The van der Waals surface area contributed by atoms with Gasteiger partial charge in [0.1, 0.15) is 11.3 Å². The molecule has 2 aromatic heterocycles. The lowest BCUT2D eigenvalue weighted by Crippen LogP contribution is -2.15. The molecule has 2 heterocycles. The maximum absolute atomic E-state index is 12.3. The highest BCUT2D eigenvalue weighted by atomic mass is 35.5. The molecular weight excluding hydrogens is 297 g/mol. The molecular formula is C14H9Cl2N3O. The molecule has 1 aromatic carbocycles. The molecule has 0 unspecified atom stereocenters. The Kier molecular flexibility index (Phi) is 3.34. The number of anilines is 1. The second kappa shape index (κ2) is 5.15. The Morgan fingerprint density at radius 3 is 2.90 bits per heavy atom. The van der Waals surface area contributed by atoms with Crippen molar-refractivity contribution >= 4 is 40.4 Å². The van der Waals surface area contributed by atoms with E-state index in [4.69, 9.17) is 23.2 Å². The van der Waals surface area contributed by atoms with E-state index in [2.05, 4.69) is 10.3 Å². The maximum Gasteiger partial charge on any atom is 0.272 e. The molecule has 0 atom stereocenters. The highest BCUT2D eigenvalue weighted by molar-refractivity contribution is 6.35. The van der Waals surface area contributed by atoms with Crippen LogP contribution in [0.25, 0.3) is 5.65 Å². The number of rotatable bonds is 2. The zero-order valence-corrected chi connectivity index (χ0v) is 11.7. The number of benzene rings is 1. The molecule has 3 aromatic rings. The van der Waals surface area contributed by atoms with Crippen LogP contribution in [0.4, 0.5) is 5.69 Å². The van der Waals surface area contributed by atoms with Crippen molar-refractivity contribution < 1.29 is 4.79 Å². The molecule has 1 N–H and O–H groups in total. The molecule has 0 aliphatic heterocycles. The Hall–Kier alpha value is -2.04. The molecule has 0 aliphatic carbocycles. The second-order valence-electron chi connectivity index (χ2n) is 4.14. The maximum atomic E-state index is 12.3. The number of imidazole rings is 1. The quantitative estimate of drug-likeness (QED) is 0.780. The molecule has 1 amide bonds.